The van der Waals surface area contributed by atoms with E-state index in [2.05, 4.69) is 57.3 Å². The number of aromatic amines is 1. The van der Waals surface area contributed by atoms with E-state index in [0.717, 1.165) is 55.1 Å². The molecular weight excluding hydrogens is 444 g/mol. The van der Waals surface area contributed by atoms with Crippen molar-refractivity contribution < 1.29 is 4.79 Å². The van der Waals surface area contributed by atoms with E-state index in [1.807, 2.05) is 35.2 Å². The van der Waals surface area contributed by atoms with E-state index in [1.54, 1.807) is 6.33 Å². The maximum atomic E-state index is 13.2. The number of hydrogen-bond donors (Lipinski definition) is 1. The predicted molar refractivity (Wildman–Crippen MR) is 135 cm³/mol. The summed E-state index contributed by atoms with van der Waals surface area (Å²) in [5.41, 5.74) is 5.20. The van der Waals surface area contributed by atoms with Crippen molar-refractivity contribution in [3.05, 3.63) is 101 Å². The van der Waals surface area contributed by atoms with Crippen LogP contribution in [0.1, 0.15) is 40.4 Å². The van der Waals surface area contributed by atoms with Gasteiger partial charge in [0.15, 0.2) is 0 Å². The van der Waals surface area contributed by atoms with Crippen LogP contribution < -0.4 is 0 Å². The molecule has 1 aromatic heterocycles. The molecule has 34 heavy (non-hydrogen) atoms. The smallest absolute Gasteiger partial charge is 0.253 e. The first-order valence-corrected chi connectivity index (χ1v) is 12.3. The molecule has 2 aliphatic rings. The van der Waals surface area contributed by atoms with Gasteiger partial charge in [0.2, 0.25) is 0 Å². The van der Waals surface area contributed by atoms with E-state index in [4.69, 9.17) is 11.6 Å². The highest BCUT2D eigenvalue weighted by molar-refractivity contribution is 6.31. The molecule has 3 heterocycles. The van der Waals surface area contributed by atoms with Gasteiger partial charge >= 0.3 is 0 Å². The molecule has 1 unspecified atom stereocenters. The summed E-state index contributed by atoms with van der Waals surface area (Å²) in [5.74, 6) is 0.100. The summed E-state index contributed by atoms with van der Waals surface area (Å²) in [5, 5.41) is 0.824. The highest BCUT2D eigenvalue weighted by Gasteiger charge is 2.54. The fourth-order valence-electron chi connectivity index (χ4n) is 5.88. The first kappa shape index (κ1) is 21.4. The maximum Gasteiger partial charge on any atom is 0.253 e. The van der Waals surface area contributed by atoms with Crippen molar-refractivity contribution in [1.82, 2.24) is 19.8 Å². The van der Waals surface area contributed by atoms with Gasteiger partial charge in [-0.3, -0.25) is 9.69 Å². The first-order chi connectivity index (χ1) is 16.6. The van der Waals surface area contributed by atoms with Crippen molar-refractivity contribution in [2.24, 2.45) is 5.41 Å². The normalized spacial score (nSPS) is 19.9. The topological polar surface area (TPSA) is 52.2 Å². The van der Waals surface area contributed by atoms with Gasteiger partial charge in [-0.2, -0.15) is 0 Å². The second kappa shape index (κ2) is 8.57. The highest BCUT2D eigenvalue weighted by atomic mass is 35.5. The third-order valence-electron chi connectivity index (χ3n) is 7.62. The SMILES string of the molecule is O=C(c1ccc2[nH]cnc2c1)N1CCC2(CC1)CN(Cc1ccccc1Cl)C2c1ccccc1. The molecule has 1 spiro atoms. The van der Waals surface area contributed by atoms with Crippen molar-refractivity contribution in [2.75, 3.05) is 19.6 Å². The number of hydrogen-bond acceptors (Lipinski definition) is 3. The molecule has 3 aromatic carbocycles. The van der Waals surface area contributed by atoms with Crippen LogP contribution in [0.4, 0.5) is 0 Å². The Kier molecular flexibility index (Phi) is 5.39. The number of aromatic nitrogens is 2. The third kappa shape index (κ3) is 3.69. The molecule has 0 saturated carbocycles. The highest BCUT2D eigenvalue weighted by Crippen LogP contribution is 2.55. The number of H-pyrrole nitrogens is 1. The number of halogens is 1. The zero-order valence-electron chi connectivity index (χ0n) is 19.0. The zero-order chi connectivity index (χ0) is 23.1. The minimum Gasteiger partial charge on any atom is -0.345 e. The van der Waals surface area contributed by atoms with Crippen molar-refractivity contribution in [3.63, 3.8) is 0 Å². The van der Waals surface area contributed by atoms with Crippen molar-refractivity contribution in [2.45, 2.75) is 25.4 Å². The molecule has 4 aromatic rings. The van der Waals surface area contributed by atoms with E-state index in [1.165, 1.54) is 11.1 Å². The maximum absolute atomic E-state index is 13.2. The van der Waals surface area contributed by atoms with Gasteiger partial charge < -0.3 is 9.88 Å². The Hall–Kier alpha value is -3.15. The van der Waals surface area contributed by atoms with E-state index in [0.29, 0.717) is 11.6 Å². The minimum absolute atomic E-state index is 0.100. The fraction of sp³-hybridized carbons (Fsp3) is 0.286. The summed E-state index contributed by atoms with van der Waals surface area (Å²) >= 11 is 6.48. The van der Waals surface area contributed by atoms with Crippen LogP contribution >= 0.6 is 11.6 Å². The number of nitrogens with one attached hydrogen (secondary N) is 1. The van der Waals surface area contributed by atoms with Crippen LogP contribution in [0.3, 0.4) is 0 Å². The Bertz CT molecular complexity index is 1330. The number of piperidine rings is 1. The Morgan fingerprint density at radius 3 is 2.59 bits per heavy atom. The lowest BCUT2D eigenvalue weighted by molar-refractivity contribution is -0.113. The molecular formula is C28H27ClN4O. The van der Waals surface area contributed by atoms with Gasteiger partial charge in [-0.05, 0) is 48.2 Å². The van der Waals surface area contributed by atoms with Crippen LogP contribution in [0, 0.1) is 5.41 Å². The van der Waals surface area contributed by atoms with Crippen molar-refractivity contribution in [3.8, 4) is 0 Å². The number of likely N-dealkylation sites (tertiary alicyclic amines) is 2. The van der Waals surface area contributed by atoms with Crippen LogP contribution in [0.25, 0.3) is 11.0 Å². The minimum atomic E-state index is 0.100. The lowest BCUT2D eigenvalue weighted by atomic mass is 9.63. The first-order valence-electron chi connectivity index (χ1n) is 11.9. The van der Waals surface area contributed by atoms with Crippen LogP contribution in [-0.2, 0) is 6.54 Å². The van der Waals surface area contributed by atoms with Crippen LogP contribution in [0.2, 0.25) is 5.02 Å². The summed E-state index contributed by atoms with van der Waals surface area (Å²) in [6, 6.07) is 25.0. The van der Waals surface area contributed by atoms with E-state index in [-0.39, 0.29) is 11.3 Å². The van der Waals surface area contributed by atoms with E-state index < -0.39 is 0 Å². The Morgan fingerprint density at radius 2 is 1.79 bits per heavy atom. The van der Waals surface area contributed by atoms with Crippen molar-refractivity contribution >= 4 is 28.5 Å². The molecule has 0 aliphatic carbocycles. The van der Waals surface area contributed by atoms with Gasteiger partial charge in [-0.25, -0.2) is 4.98 Å². The molecule has 2 aliphatic heterocycles. The molecule has 2 saturated heterocycles. The number of fused-ring (bicyclic) bond motifs is 1. The van der Waals surface area contributed by atoms with Gasteiger partial charge in [-0.1, -0.05) is 60.1 Å². The molecule has 172 valence electrons. The fourth-order valence-corrected chi connectivity index (χ4v) is 6.08. The molecule has 1 amide bonds. The zero-order valence-corrected chi connectivity index (χ0v) is 19.7. The van der Waals surface area contributed by atoms with E-state index >= 15 is 0 Å². The largest absolute Gasteiger partial charge is 0.345 e. The van der Waals surface area contributed by atoms with Crippen LogP contribution in [0.5, 0.6) is 0 Å². The molecule has 1 atom stereocenters. The van der Waals surface area contributed by atoms with Gasteiger partial charge in [-0.15, -0.1) is 0 Å². The summed E-state index contributed by atoms with van der Waals surface area (Å²) in [6.45, 7) is 3.42. The molecule has 0 bridgehead atoms. The lowest BCUT2D eigenvalue weighted by Gasteiger charge is -2.61. The average molecular weight is 471 g/mol. The molecule has 6 heteroatoms. The third-order valence-corrected chi connectivity index (χ3v) is 7.99. The Balaban J connectivity index is 1.20. The lowest BCUT2D eigenvalue weighted by Crippen LogP contribution is -2.62. The number of benzene rings is 3. The predicted octanol–water partition coefficient (Wildman–Crippen LogP) is 5.70. The van der Waals surface area contributed by atoms with Crippen LogP contribution in [-0.4, -0.2) is 45.3 Å². The number of carbonyl (C=O) groups is 1. The average Bonchev–Trinajstić information content (AvgIpc) is 3.33. The second-order valence-electron chi connectivity index (χ2n) is 9.60. The summed E-state index contributed by atoms with van der Waals surface area (Å²) in [4.78, 5) is 25.2. The van der Waals surface area contributed by atoms with Gasteiger partial charge in [0.05, 0.1) is 17.4 Å². The summed E-state index contributed by atoms with van der Waals surface area (Å²) in [6.07, 6.45) is 3.67. The summed E-state index contributed by atoms with van der Waals surface area (Å²) in [7, 11) is 0. The number of imidazole rings is 1. The quantitative estimate of drug-likeness (QED) is 0.416. The van der Waals surface area contributed by atoms with Crippen LogP contribution in [0.15, 0.2) is 79.1 Å². The van der Waals surface area contributed by atoms with Gasteiger partial charge in [0.1, 0.15) is 0 Å². The number of nitrogens with zero attached hydrogens (tertiary/aromatic N) is 3. The molecule has 6 rings (SSSR count). The number of carbonyl (C=O) groups excluding carboxylic acids is 1. The molecule has 5 nitrogen and oxygen atoms in total. The van der Waals surface area contributed by atoms with Gasteiger partial charge in [0, 0.05) is 48.2 Å². The second-order valence-corrected chi connectivity index (χ2v) is 10.0. The summed E-state index contributed by atoms with van der Waals surface area (Å²) < 4.78 is 0. The number of rotatable bonds is 4. The monoisotopic (exact) mass is 470 g/mol. The number of amides is 1. The van der Waals surface area contributed by atoms with Crippen molar-refractivity contribution in [1.29, 1.82) is 0 Å². The van der Waals surface area contributed by atoms with E-state index in [9.17, 15) is 4.79 Å². The molecule has 0 radical (unpaired) electrons. The Morgan fingerprint density at radius 1 is 1.03 bits per heavy atom. The molecule has 2 fully saturated rings. The molecule has 1 N–H and O–H groups in total. The Labute approximate surface area is 204 Å². The standard InChI is InChI=1S/C28H27ClN4O/c29-23-9-5-4-8-22(23)17-33-18-28(26(33)20-6-2-1-3-7-20)12-14-32(15-13-28)27(34)21-10-11-24-25(16-21)31-19-30-24/h1-11,16,19,26H,12-15,17-18H2,(H,30,31). The van der Waals surface area contributed by atoms with Gasteiger partial charge in [0.25, 0.3) is 5.91 Å².